The quantitative estimate of drug-likeness (QED) is 0.882. The molecule has 0 unspecified atom stereocenters. The van der Waals surface area contributed by atoms with Crippen LogP contribution in [0.3, 0.4) is 0 Å². The van der Waals surface area contributed by atoms with Gasteiger partial charge in [0, 0.05) is 25.0 Å². The van der Waals surface area contributed by atoms with Crippen molar-refractivity contribution in [2.24, 2.45) is 5.41 Å². The first-order valence-electron chi connectivity index (χ1n) is 6.91. The lowest BCUT2D eigenvalue weighted by Crippen LogP contribution is -2.57. The van der Waals surface area contributed by atoms with Crippen molar-refractivity contribution in [2.45, 2.75) is 20.3 Å². The molecule has 0 radical (unpaired) electrons. The van der Waals surface area contributed by atoms with E-state index in [4.69, 9.17) is 4.74 Å². The van der Waals surface area contributed by atoms with Gasteiger partial charge < -0.3 is 15.0 Å². The van der Waals surface area contributed by atoms with Crippen LogP contribution < -0.4 is 10.1 Å². The summed E-state index contributed by atoms with van der Waals surface area (Å²) in [5, 5.41) is 3.43. The van der Waals surface area contributed by atoms with Gasteiger partial charge in [0.25, 0.3) is 0 Å². The lowest BCUT2D eigenvalue weighted by Gasteiger charge is -2.47. The summed E-state index contributed by atoms with van der Waals surface area (Å²) in [6, 6.07) is 6.37. The molecule has 2 aliphatic rings. The van der Waals surface area contributed by atoms with Crippen LogP contribution in [0, 0.1) is 5.41 Å². The maximum absolute atomic E-state index is 6.06. The lowest BCUT2D eigenvalue weighted by atomic mass is 9.83. The number of fused-ring (bicyclic) bond motifs is 1. The molecule has 1 fully saturated rings. The van der Waals surface area contributed by atoms with Gasteiger partial charge in [-0.3, -0.25) is 0 Å². The van der Waals surface area contributed by atoms with Gasteiger partial charge >= 0.3 is 0 Å². The minimum Gasteiger partial charge on any atom is -0.491 e. The van der Waals surface area contributed by atoms with Crippen LogP contribution >= 0.6 is 0 Å². The Bertz CT molecular complexity index is 438. The van der Waals surface area contributed by atoms with Crippen LogP contribution in [0.4, 0.5) is 5.69 Å². The van der Waals surface area contributed by atoms with Crippen LogP contribution in [0.15, 0.2) is 18.2 Å². The van der Waals surface area contributed by atoms with E-state index in [0.29, 0.717) is 5.41 Å². The highest BCUT2D eigenvalue weighted by Gasteiger charge is 2.38. The summed E-state index contributed by atoms with van der Waals surface area (Å²) in [7, 11) is 0. The predicted molar refractivity (Wildman–Crippen MR) is 74.4 cm³/mol. The molecule has 3 nitrogen and oxygen atoms in total. The lowest BCUT2D eigenvalue weighted by molar-refractivity contribution is -0.0153. The van der Waals surface area contributed by atoms with Crippen LogP contribution in [-0.2, 0) is 6.42 Å². The number of benzene rings is 1. The second kappa shape index (κ2) is 4.47. The van der Waals surface area contributed by atoms with E-state index in [0.717, 1.165) is 45.0 Å². The van der Waals surface area contributed by atoms with Crippen LogP contribution in [-0.4, -0.2) is 37.7 Å². The highest BCUT2D eigenvalue weighted by atomic mass is 16.5. The minimum atomic E-state index is 0.331. The molecule has 18 heavy (non-hydrogen) atoms. The number of hydrogen-bond donors (Lipinski definition) is 1. The zero-order valence-electron chi connectivity index (χ0n) is 11.3. The Labute approximate surface area is 109 Å². The van der Waals surface area contributed by atoms with Gasteiger partial charge in [-0.05, 0) is 24.6 Å². The van der Waals surface area contributed by atoms with Crippen LogP contribution in [0.25, 0.3) is 0 Å². The first kappa shape index (κ1) is 11.8. The van der Waals surface area contributed by atoms with Gasteiger partial charge in [-0.15, -0.1) is 0 Å². The van der Waals surface area contributed by atoms with E-state index in [2.05, 4.69) is 42.3 Å². The zero-order chi connectivity index (χ0) is 12.6. The van der Waals surface area contributed by atoms with Crippen molar-refractivity contribution in [2.75, 3.05) is 38.1 Å². The molecule has 3 heteroatoms. The van der Waals surface area contributed by atoms with Crippen molar-refractivity contribution >= 4 is 5.69 Å². The van der Waals surface area contributed by atoms with E-state index in [-0.39, 0.29) is 0 Å². The SMILES string of the molecule is CCN1CC(C)(COc2cccc3c2NCC3)C1. The number of hydrogen-bond acceptors (Lipinski definition) is 3. The highest BCUT2D eigenvalue weighted by molar-refractivity contribution is 5.65. The molecule has 1 aromatic rings. The third-order valence-corrected chi connectivity index (χ3v) is 4.04. The van der Waals surface area contributed by atoms with Crippen molar-refractivity contribution in [1.29, 1.82) is 0 Å². The molecule has 2 heterocycles. The highest BCUT2D eigenvalue weighted by Crippen LogP contribution is 2.35. The topological polar surface area (TPSA) is 24.5 Å². The van der Waals surface area contributed by atoms with Crippen LogP contribution in [0.1, 0.15) is 19.4 Å². The maximum Gasteiger partial charge on any atom is 0.142 e. The third kappa shape index (κ3) is 2.07. The van der Waals surface area contributed by atoms with Gasteiger partial charge in [0.15, 0.2) is 0 Å². The molecule has 3 rings (SSSR count). The van der Waals surface area contributed by atoms with Crippen LogP contribution in [0.2, 0.25) is 0 Å². The van der Waals surface area contributed by atoms with E-state index >= 15 is 0 Å². The molecule has 0 atom stereocenters. The Hall–Kier alpha value is -1.22. The summed E-state index contributed by atoms with van der Waals surface area (Å²) in [5.41, 5.74) is 2.94. The molecule has 98 valence electrons. The van der Waals surface area contributed by atoms with E-state index in [1.807, 2.05) is 0 Å². The Morgan fingerprint density at radius 3 is 3.00 bits per heavy atom. The molecule has 2 aliphatic heterocycles. The minimum absolute atomic E-state index is 0.331. The van der Waals surface area contributed by atoms with Gasteiger partial charge in [-0.2, -0.15) is 0 Å². The monoisotopic (exact) mass is 246 g/mol. The largest absolute Gasteiger partial charge is 0.491 e. The second-order valence-electron chi connectivity index (χ2n) is 5.87. The normalized spacial score (nSPS) is 21.0. The van der Waals surface area contributed by atoms with E-state index in [1.165, 1.54) is 11.3 Å². The fourth-order valence-corrected chi connectivity index (χ4v) is 3.03. The fourth-order valence-electron chi connectivity index (χ4n) is 3.03. The van der Waals surface area contributed by atoms with Crippen molar-refractivity contribution < 1.29 is 4.74 Å². The van der Waals surface area contributed by atoms with Gasteiger partial charge in [-0.25, -0.2) is 0 Å². The summed E-state index contributed by atoms with van der Waals surface area (Å²) in [6.45, 7) is 9.86. The molecule has 0 aromatic heterocycles. The fraction of sp³-hybridized carbons (Fsp3) is 0.600. The molecule has 0 saturated carbocycles. The van der Waals surface area contributed by atoms with Crippen molar-refractivity contribution in [1.82, 2.24) is 4.90 Å². The second-order valence-corrected chi connectivity index (χ2v) is 5.87. The number of likely N-dealkylation sites (tertiary alicyclic amines) is 1. The van der Waals surface area contributed by atoms with E-state index in [1.54, 1.807) is 0 Å². The Morgan fingerprint density at radius 2 is 2.22 bits per heavy atom. The average Bonchev–Trinajstić information content (AvgIpc) is 2.81. The maximum atomic E-state index is 6.06. The average molecular weight is 246 g/mol. The smallest absolute Gasteiger partial charge is 0.142 e. The summed E-state index contributed by atoms with van der Waals surface area (Å²) in [4.78, 5) is 2.46. The molecule has 0 bridgehead atoms. The molecular formula is C15H22N2O. The first-order valence-corrected chi connectivity index (χ1v) is 6.91. The summed E-state index contributed by atoms with van der Waals surface area (Å²) < 4.78 is 6.06. The number of ether oxygens (including phenoxy) is 1. The van der Waals surface area contributed by atoms with Gasteiger partial charge in [-0.1, -0.05) is 26.0 Å². The number of rotatable bonds is 4. The Morgan fingerprint density at radius 1 is 1.39 bits per heavy atom. The summed E-state index contributed by atoms with van der Waals surface area (Å²) in [5.74, 6) is 1.03. The Kier molecular flexibility index (Phi) is 2.94. The number of nitrogens with one attached hydrogen (secondary N) is 1. The standard InChI is InChI=1S/C15H22N2O/c1-3-17-9-15(2,10-17)11-18-13-6-4-5-12-7-8-16-14(12)13/h4-6,16H,3,7-11H2,1-2H3. The number of anilines is 1. The van der Waals surface area contributed by atoms with Gasteiger partial charge in [0.2, 0.25) is 0 Å². The summed E-state index contributed by atoms with van der Waals surface area (Å²) >= 11 is 0. The number of nitrogens with zero attached hydrogens (tertiary/aromatic N) is 1. The molecule has 1 N–H and O–H groups in total. The van der Waals surface area contributed by atoms with Gasteiger partial charge in [0.05, 0.1) is 12.3 Å². The zero-order valence-corrected chi connectivity index (χ0v) is 11.3. The Balaban J connectivity index is 1.63. The van der Waals surface area contributed by atoms with Crippen molar-refractivity contribution in [3.05, 3.63) is 23.8 Å². The predicted octanol–water partition coefficient (Wildman–Crippen LogP) is 2.38. The molecule has 0 aliphatic carbocycles. The molecule has 1 saturated heterocycles. The van der Waals surface area contributed by atoms with Crippen LogP contribution in [0.5, 0.6) is 5.75 Å². The van der Waals surface area contributed by atoms with E-state index in [9.17, 15) is 0 Å². The number of para-hydroxylation sites is 1. The first-order chi connectivity index (χ1) is 8.70. The van der Waals surface area contributed by atoms with Gasteiger partial charge in [0.1, 0.15) is 5.75 Å². The third-order valence-electron chi connectivity index (χ3n) is 4.04. The molecule has 0 amide bonds. The van der Waals surface area contributed by atoms with Crippen molar-refractivity contribution in [3.63, 3.8) is 0 Å². The van der Waals surface area contributed by atoms with E-state index < -0.39 is 0 Å². The molecule has 0 spiro atoms. The van der Waals surface area contributed by atoms with Crippen molar-refractivity contribution in [3.8, 4) is 5.75 Å². The molecular weight excluding hydrogens is 224 g/mol. The molecule has 1 aromatic carbocycles. The summed E-state index contributed by atoms with van der Waals surface area (Å²) in [6.07, 6.45) is 1.12.